The number of aromatic nitrogens is 2. The van der Waals surface area contributed by atoms with Crippen molar-refractivity contribution < 1.29 is 14.3 Å². The number of ether oxygens (including phenoxy) is 2. The van der Waals surface area contributed by atoms with Crippen molar-refractivity contribution in [1.29, 1.82) is 0 Å². The smallest absolute Gasteiger partial charge is 0.274 e. The molecule has 0 bridgehead atoms. The molecular weight excluding hydrogens is 334 g/mol. The highest BCUT2D eigenvalue weighted by Crippen LogP contribution is 2.32. The molecule has 0 unspecified atom stereocenters. The average Bonchev–Trinajstić information content (AvgIpc) is 2.61. The Morgan fingerprint density at radius 3 is 2.69 bits per heavy atom. The molecule has 8 nitrogen and oxygen atoms in total. The summed E-state index contributed by atoms with van der Waals surface area (Å²) in [5.74, 6) is 2.17. The number of likely N-dealkylation sites (N-methyl/N-ethyl adjacent to an activating group) is 1. The van der Waals surface area contributed by atoms with Crippen LogP contribution in [-0.4, -0.2) is 61.2 Å². The first kappa shape index (κ1) is 17.9. The van der Waals surface area contributed by atoms with Crippen molar-refractivity contribution in [2.75, 3.05) is 51.0 Å². The summed E-state index contributed by atoms with van der Waals surface area (Å²) in [6, 6.07) is 6.95. The number of carbonyl (C=O) groups is 1. The van der Waals surface area contributed by atoms with Crippen LogP contribution in [-0.2, 0) is 0 Å². The third-order valence-corrected chi connectivity index (χ3v) is 3.74. The van der Waals surface area contributed by atoms with E-state index in [4.69, 9.17) is 9.47 Å². The van der Waals surface area contributed by atoms with Crippen LogP contribution < -0.4 is 20.1 Å². The summed E-state index contributed by atoms with van der Waals surface area (Å²) in [5.41, 5.74) is 0.928. The van der Waals surface area contributed by atoms with E-state index in [9.17, 15) is 4.79 Å². The van der Waals surface area contributed by atoms with Gasteiger partial charge in [-0.05, 0) is 33.2 Å². The molecule has 2 heterocycles. The zero-order chi connectivity index (χ0) is 18.5. The number of anilines is 2. The van der Waals surface area contributed by atoms with Gasteiger partial charge in [0.1, 0.15) is 30.5 Å². The maximum absolute atomic E-state index is 12.6. The first-order valence-electron chi connectivity index (χ1n) is 8.46. The summed E-state index contributed by atoms with van der Waals surface area (Å²) in [4.78, 5) is 23.2. The zero-order valence-corrected chi connectivity index (χ0v) is 15.2. The maximum Gasteiger partial charge on any atom is 0.274 e. The van der Waals surface area contributed by atoms with Gasteiger partial charge in [0.15, 0.2) is 11.5 Å². The van der Waals surface area contributed by atoms with Crippen molar-refractivity contribution in [3.05, 3.63) is 35.8 Å². The lowest BCUT2D eigenvalue weighted by atomic mass is 10.2. The topological polar surface area (TPSA) is 88.6 Å². The van der Waals surface area contributed by atoms with Crippen LogP contribution in [0, 0.1) is 6.92 Å². The van der Waals surface area contributed by atoms with Gasteiger partial charge in [0.2, 0.25) is 0 Å². The molecule has 0 atom stereocenters. The van der Waals surface area contributed by atoms with E-state index < -0.39 is 0 Å². The highest BCUT2D eigenvalue weighted by Gasteiger charge is 2.15. The van der Waals surface area contributed by atoms with Crippen molar-refractivity contribution in [3.63, 3.8) is 0 Å². The fourth-order valence-corrected chi connectivity index (χ4v) is 2.50. The largest absolute Gasteiger partial charge is 0.486 e. The molecule has 1 aliphatic heterocycles. The van der Waals surface area contributed by atoms with Crippen molar-refractivity contribution in [3.8, 4) is 11.5 Å². The first-order chi connectivity index (χ1) is 12.5. The number of carbonyl (C=O) groups excluding carboxylic acids is 1. The molecule has 0 aliphatic carbocycles. The number of nitrogens with one attached hydrogen (secondary N) is 2. The molecule has 0 saturated heterocycles. The third-order valence-electron chi connectivity index (χ3n) is 3.74. The van der Waals surface area contributed by atoms with Crippen molar-refractivity contribution in [2.45, 2.75) is 6.92 Å². The lowest BCUT2D eigenvalue weighted by molar-refractivity contribution is 0.102. The van der Waals surface area contributed by atoms with Gasteiger partial charge in [-0.15, -0.1) is 0 Å². The molecule has 0 spiro atoms. The van der Waals surface area contributed by atoms with E-state index in [1.54, 1.807) is 31.2 Å². The quantitative estimate of drug-likeness (QED) is 0.815. The Kier molecular flexibility index (Phi) is 5.52. The fourth-order valence-electron chi connectivity index (χ4n) is 2.50. The van der Waals surface area contributed by atoms with E-state index in [1.165, 1.54) is 0 Å². The number of hydrogen-bond acceptors (Lipinski definition) is 7. The van der Waals surface area contributed by atoms with Crippen LogP contribution in [0.4, 0.5) is 11.5 Å². The molecule has 1 amide bonds. The van der Waals surface area contributed by atoms with Gasteiger partial charge in [-0.25, -0.2) is 9.97 Å². The maximum atomic E-state index is 12.6. The Morgan fingerprint density at radius 1 is 1.15 bits per heavy atom. The van der Waals surface area contributed by atoms with Crippen molar-refractivity contribution in [1.82, 2.24) is 14.9 Å². The second-order valence-electron chi connectivity index (χ2n) is 6.23. The number of aryl methyl sites for hydroxylation is 1. The minimum Gasteiger partial charge on any atom is -0.486 e. The zero-order valence-electron chi connectivity index (χ0n) is 15.2. The Bertz CT molecular complexity index is 794. The number of amides is 1. The van der Waals surface area contributed by atoms with Gasteiger partial charge in [0, 0.05) is 30.9 Å². The van der Waals surface area contributed by atoms with E-state index in [2.05, 4.69) is 25.5 Å². The normalized spacial score (nSPS) is 12.8. The van der Waals surface area contributed by atoms with E-state index >= 15 is 0 Å². The van der Waals surface area contributed by atoms with Gasteiger partial charge >= 0.3 is 0 Å². The van der Waals surface area contributed by atoms with Crippen LogP contribution in [0.25, 0.3) is 0 Å². The summed E-state index contributed by atoms with van der Waals surface area (Å²) in [5, 5.41) is 6.04. The SMILES string of the molecule is Cc1nc(NCCN(C)C)cc(C(=O)Nc2ccc3c(c2)OCCO3)n1. The van der Waals surface area contributed by atoms with Gasteiger partial charge in [-0.2, -0.15) is 0 Å². The molecule has 26 heavy (non-hydrogen) atoms. The summed E-state index contributed by atoms with van der Waals surface area (Å²) in [7, 11) is 4.00. The number of nitrogens with zero attached hydrogens (tertiary/aromatic N) is 3. The van der Waals surface area contributed by atoms with Crippen LogP contribution in [0.3, 0.4) is 0 Å². The Morgan fingerprint density at radius 2 is 1.92 bits per heavy atom. The fraction of sp³-hybridized carbons (Fsp3) is 0.389. The van der Waals surface area contributed by atoms with Gasteiger partial charge < -0.3 is 25.0 Å². The lowest BCUT2D eigenvalue weighted by Crippen LogP contribution is -2.22. The number of benzene rings is 1. The van der Waals surface area contributed by atoms with Crippen LogP contribution in [0.5, 0.6) is 11.5 Å². The van der Waals surface area contributed by atoms with E-state index in [0.717, 1.165) is 13.1 Å². The molecule has 1 aromatic heterocycles. The Hall–Kier alpha value is -2.87. The van der Waals surface area contributed by atoms with Gasteiger partial charge in [-0.1, -0.05) is 0 Å². The van der Waals surface area contributed by atoms with Crippen LogP contribution in [0.2, 0.25) is 0 Å². The molecule has 138 valence electrons. The molecular formula is C18H23N5O3. The third kappa shape index (κ3) is 4.60. The van der Waals surface area contributed by atoms with Crippen LogP contribution in [0.15, 0.2) is 24.3 Å². The van der Waals surface area contributed by atoms with Crippen molar-refractivity contribution in [2.24, 2.45) is 0 Å². The highest BCUT2D eigenvalue weighted by atomic mass is 16.6. The standard InChI is InChI=1S/C18H23N5O3/c1-12-20-14(11-17(21-12)19-6-7-23(2)3)18(24)22-13-4-5-15-16(10-13)26-9-8-25-15/h4-5,10-11H,6-9H2,1-3H3,(H,22,24)(H,19,20,21). The number of rotatable bonds is 6. The minimum absolute atomic E-state index is 0.303. The second-order valence-corrected chi connectivity index (χ2v) is 6.23. The second kappa shape index (κ2) is 8.01. The van der Waals surface area contributed by atoms with Crippen LogP contribution in [0.1, 0.15) is 16.3 Å². The molecule has 0 radical (unpaired) electrons. The molecule has 3 rings (SSSR count). The van der Waals surface area contributed by atoms with E-state index in [0.29, 0.717) is 47.7 Å². The predicted octanol–water partition coefficient (Wildman–Crippen LogP) is 1.78. The Labute approximate surface area is 152 Å². The van der Waals surface area contributed by atoms with E-state index in [1.807, 2.05) is 14.1 Å². The minimum atomic E-state index is -0.303. The van der Waals surface area contributed by atoms with E-state index in [-0.39, 0.29) is 5.91 Å². The predicted molar refractivity (Wildman–Crippen MR) is 99.2 cm³/mol. The summed E-state index contributed by atoms with van der Waals surface area (Å²) < 4.78 is 11.0. The lowest BCUT2D eigenvalue weighted by Gasteiger charge is -2.19. The molecule has 1 aromatic carbocycles. The van der Waals surface area contributed by atoms with Crippen LogP contribution >= 0.6 is 0 Å². The van der Waals surface area contributed by atoms with Gasteiger partial charge in [0.05, 0.1) is 0 Å². The molecule has 1 aliphatic rings. The van der Waals surface area contributed by atoms with Gasteiger partial charge in [0.25, 0.3) is 5.91 Å². The summed E-state index contributed by atoms with van der Waals surface area (Å²) in [6.45, 7) is 4.38. The number of fused-ring (bicyclic) bond motifs is 1. The summed E-state index contributed by atoms with van der Waals surface area (Å²) >= 11 is 0. The molecule has 2 N–H and O–H groups in total. The molecule has 0 fully saturated rings. The molecule has 8 heteroatoms. The molecule has 0 saturated carbocycles. The Balaban J connectivity index is 1.70. The monoisotopic (exact) mass is 357 g/mol. The average molecular weight is 357 g/mol. The first-order valence-corrected chi connectivity index (χ1v) is 8.46. The van der Waals surface area contributed by atoms with Crippen molar-refractivity contribution >= 4 is 17.4 Å². The summed E-state index contributed by atoms with van der Waals surface area (Å²) in [6.07, 6.45) is 0. The van der Waals surface area contributed by atoms with Gasteiger partial charge in [-0.3, -0.25) is 4.79 Å². The highest BCUT2D eigenvalue weighted by molar-refractivity contribution is 6.03. The number of hydrogen-bond donors (Lipinski definition) is 2. The molecule has 2 aromatic rings.